The van der Waals surface area contributed by atoms with E-state index in [9.17, 15) is 14.7 Å². The number of carboxylic acids is 1. The van der Waals surface area contributed by atoms with Gasteiger partial charge in [0.15, 0.2) is 0 Å². The van der Waals surface area contributed by atoms with E-state index in [0.717, 1.165) is 23.9 Å². The van der Waals surface area contributed by atoms with Gasteiger partial charge in [-0.3, -0.25) is 9.59 Å². The van der Waals surface area contributed by atoms with Crippen LogP contribution in [0.2, 0.25) is 0 Å². The van der Waals surface area contributed by atoms with Crippen LogP contribution in [0, 0.1) is 5.41 Å². The predicted molar refractivity (Wildman–Crippen MR) is 83.3 cm³/mol. The number of carboxylic acid groups (broad SMARTS) is 1. The average Bonchev–Trinajstić information content (AvgIpc) is 2.95. The standard InChI is InChI=1S/C15H21BrN2O3/c1-3-7-18-9-10(16)8-11(18)13(19)17-12-5-4-6-15(12,2)14(20)21/h8-9,12H,3-7H2,1-2H3,(H,17,19)(H,20,21). The monoisotopic (exact) mass is 356 g/mol. The normalized spacial score (nSPS) is 25.0. The zero-order valence-corrected chi connectivity index (χ0v) is 13.9. The molecule has 1 aliphatic rings. The first-order chi connectivity index (χ1) is 9.88. The van der Waals surface area contributed by atoms with Crippen molar-refractivity contribution in [3.05, 3.63) is 22.4 Å². The van der Waals surface area contributed by atoms with Gasteiger partial charge in [0.05, 0.1) is 5.41 Å². The highest BCUT2D eigenvalue weighted by molar-refractivity contribution is 9.10. The van der Waals surface area contributed by atoms with Crippen molar-refractivity contribution >= 4 is 27.8 Å². The number of aliphatic carboxylic acids is 1. The van der Waals surface area contributed by atoms with Gasteiger partial charge in [0, 0.05) is 23.3 Å². The number of carbonyl (C=O) groups excluding carboxylic acids is 1. The van der Waals surface area contributed by atoms with Crippen LogP contribution in [0.3, 0.4) is 0 Å². The van der Waals surface area contributed by atoms with Gasteiger partial charge in [0.2, 0.25) is 0 Å². The molecule has 1 saturated carbocycles. The summed E-state index contributed by atoms with van der Waals surface area (Å²) in [6.07, 6.45) is 4.95. The van der Waals surface area contributed by atoms with Crippen molar-refractivity contribution in [3.8, 4) is 0 Å². The van der Waals surface area contributed by atoms with Gasteiger partial charge in [-0.05, 0) is 48.2 Å². The fourth-order valence-corrected chi connectivity index (χ4v) is 3.44. The van der Waals surface area contributed by atoms with Crippen LogP contribution in [-0.4, -0.2) is 27.6 Å². The second-order valence-electron chi connectivity index (χ2n) is 5.88. The van der Waals surface area contributed by atoms with Gasteiger partial charge in [-0.1, -0.05) is 13.3 Å². The first-order valence-corrected chi connectivity index (χ1v) is 8.07. The van der Waals surface area contributed by atoms with Crippen LogP contribution >= 0.6 is 15.9 Å². The maximum Gasteiger partial charge on any atom is 0.311 e. The second-order valence-corrected chi connectivity index (χ2v) is 6.79. The van der Waals surface area contributed by atoms with Gasteiger partial charge in [-0.25, -0.2) is 0 Å². The van der Waals surface area contributed by atoms with Crippen molar-refractivity contribution in [2.75, 3.05) is 0 Å². The van der Waals surface area contributed by atoms with Gasteiger partial charge in [-0.2, -0.15) is 0 Å². The number of amides is 1. The van der Waals surface area contributed by atoms with Crippen LogP contribution in [-0.2, 0) is 11.3 Å². The van der Waals surface area contributed by atoms with E-state index in [1.54, 1.807) is 13.0 Å². The molecule has 1 amide bonds. The van der Waals surface area contributed by atoms with E-state index in [1.807, 2.05) is 17.7 Å². The first kappa shape index (κ1) is 16.1. The molecule has 0 bridgehead atoms. The first-order valence-electron chi connectivity index (χ1n) is 7.28. The molecule has 2 unspecified atom stereocenters. The summed E-state index contributed by atoms with van der Waals surface area (Å²) in [5.74, 6) is -1.04. The minimum absolute atomic E-state index is 0.200. The summed E-state index contributed by atoms with van der Waals surface area (Å²) in [6.45, 7) is 4.53. The molecule has 1 fully saturated rings. The van der Waals surface area contributed by atoms with Gasteiger partial charge >= 0.3 is 5.97 Å². The fourth-order valence-electron chi connectivity index (χ4n) is 2.98. The van der Waals surface area contributed by atoms with Crippen LogP contribution in [0.5, 0.6) is 0 Å². The van der Waals surface area contributed by atoms with E-state index in [-0.39, 0.29) is 11.9 Å². The third-order valence-electron chi connectivity index (χ3n) is 4.31. The molecule has 5 nitrogen and oxygen atoms in total. The predicted octanol–water partition coefficient (Wildman–Crippen LogP) is 3.03. The van der Waals surface area contributed by atoms with Crippen molar-refractivity contribution in [1.29, 1.82) is 0 Å². The Balaban J connectivity index is 2.16. The van der Waals surface area contributed by atoms with Gasteiger partial charge in [0.1, 0.15) is 5.69 Å². The number of nitrogens with zero attached hydrogens (tertiary/aromatic N) is 1. The lowest BCUT2D eigenvalue weighted by Gasteiger charge is -2.27. The summed E-state index contributed by atoms with van der Waals surface area (Å²) >= 11 is 3.38. The number of halogens is 1. The second kappa shape index (κ2) is 6.22. The molecule has 2 rings (SSSR count). The summed E-state index contributed by atoms with van der Waals surface area (Å²) in [6, 6.07) is 1.46. The zero-order chi connectivity index (χ0) is 15.6. The van der Waals surface area contributed by atoms with Crippen LogP contribution in [0.15, 0.2) is 16.7 Å². The van der Waals surface area contributed by atoms with Gasteiger partial charge < -0.3 is 15.0 Å². The molecule has 2 atom stereocenters. The molecule has 0 aliphatic heterocycles. The SMILES string of the molecule is CCCn1cc(Br)cc1C(=O)NC1CCCC1(C)C(=O)O. The number of rotatable bonds is 5. The molecule has 0 spiro atoms. The topological polar surface area (TPSA) is 71.3 Å². The third kappa shape index (κ3) is 3.15. The van der Waals surface area contributed by atoms with Crippen molar-refractivity contribution in [1.82, 2.24) is 9.88 Å². The van der Waals surface area contributed by atoms with Crippen LogP contribution in [0.1, 0.15) is 50.0 Å². The quantitative estimate of drug-likeness (QED) is 0.851. The Kier molecular flexibility index (Phi) is 4.76. The van der Waals surface area contributed by atoms with E-state index in [0.29, 0.717) is 18.5 Å². The molecule has 1 aliphatic carbocycles. The molecule has 1 aromatic heterocycles. The van der Waals surface area contributed by atoms with E-state index in [2.05, 4.69) is 21.2 Å². The van der Waals surface area contributed by atoms with E-state index in [4.69, 9.17) is 0 Å². The fraction of sp³-hybridized carbons (Fsp3) is 0.600. The number of hydrogen-bond acceptors (Lipinski definition) is 2. The summed E-state index contributed by atoms with van der Waals surface area (Å²) in [4.78, 5) is 23.9. The van der Waals surface area contributed by atoms with Crippen molar-refractivity contribution in [2.45, 2.75) is 52.1 Å². The zero-order valence-electron chi connectivity index (χ0n) is 12.4. The minimum atomic E-state index is -0.866. The smallest absolute Gasteiger partial charge is 0.311 e. The van der Waals surface area contributed by atoms with Crippen LogP contribution in [0.25, 0.3) is 0 Å². The lowest BCUT2D eigenvalue weighted by Crippen LogP contribution is -2.47. The Morgan fingerprint density at radius 3 is 2.90 bits per heavy atom. The highest BCUT2D eigenvalue weighted by Crippen LogP contribution is 2.38. The molecule has 0 saturated heterocycles. The van der Waals surface area contributed by atoms with Crippen molar-refractivity contribution < 1.29 is 14.7 Å². The summed E-state index contributed by atoms with van der Waals surface area (Å²) in [7, 11) is 0. The molecular formula is C15H21BrN2O3. The number of aromatic nitrogens is 1. The Morgan fingerprint density at radius 1 is 1.57 bits per heavy atom. The molecule has 1 heterocycles. The Labute approximate surface area is 132 Å². The van der Waals surface area contributed by atoms with Crippen molar-refractivity contribution in [2.24, 2.45) is 5.41 Å². The molecule has 116 valence electrons. The van der Waals surface area contributed by atoms with Gasteiger partial charge in [-0.15, -0.1) is 0 Å². The lowest BCUT2D eigenvalue weighted by molar-refractivity contribution is -0.148. The minimum Gasteiger partial charge on any atom is -0.481 e. The van der Waals surface area contributed by atoms with Crippen molar-refractivity contribution in [3.63, 3.8) is 0 Å². The average molecular weight is 357 g/mol. The molecular weight excluding hydrogens is 336 g/mol. The molecule has 0 radical (unpaired) electrons. The Hall–Kier alpha value is -1.30. The number of nitrogens with one attached hydrogen (secondary N) is 1. The van der Waals surface area contributed by atoms with Gasteiger partial charge in [0.25, 0.3) is 5.91 Å². The number of hydrogen-bond donors (Lipinski definition) is 2. The van der Waals surface area contributed by atoms with E-state index >= 15 is 0 Å². The lowest BCUT2D eigenvalue weighted by atomic mass is 9.85. The summed E-state index contributed by atoms with van der Waals surface area (Å²) in [5, 5.41) is 12.3. The molecule has 21 heavy (non-hydrogen) atoms. The molecule has 2 N–H and O–H groups in total. The molecule has 6 heteroatoms. The maximum atomic E-state index is 12.5. The summed E-state index contributed by atoms with van der Waals surface area (Å²) in [5.41, 5.74) is -0.293. The third-order valence-corrected chi connectivity index (χ3v) is 4.75. The Morgan fingerprint density at radius 2 is 2.29 bits per heavy atom. The highest BCUT2D eigenvalue weighted by Gasteiger charge is 2.46. The summed E-state index contributed by atoms with van der Waals surface area (Å²) < 4.78 is 2.75. The Bertz CT molecular complexity index is 555. The largest absolute Gasteiger partial charge is 0.481 e. The van der Waals surface area contributed by atoms with E-state index < -0.39 is 11.4 Å². The highest BCUT2D eigenvalue weighted by atomic mass is 79.9. The van der Waals surface area contributed by atoms with Crippen LogP contribution in [0.4, 0.5) is 0 Å². The van der Waals surface area contributed by atoms with E-state index in [1.165, 1.54) is 0 Å². The maximum absolute atomic E-state index is 12.5. The number of carbonyl (C=O) groups is 2. The molecule has 1 aromatic rings. The molecule has 0 aromatic carbocycles. The van der Waals surface area contributed by atoms with Crippen LogP contribution < -0.4 is 5.32 Å². The number of aryl methyl sites for hydroxylation is 1.